The van der Waals surface area contributed by atoms with Gasteiger partial charge in [-0.05, 0) is 42.0 Å². The van der Waals surface area contributed by atoms with Gasteiger partial charge in [-0.2, -0.15) is 5.10 Å². The van der Waals surface area contributed by atoms with E-state index in [1.54, 1.807) is 25.4 Å². The summed E-state index contributed by atoms with van der Waals surface area (Å²) in [6, 6.07) is 14.5. The normalized spacial score (nSPS) is 11.6. The Morgan fingerprint density at radius 3 is 2.51 bits per heavy atom. The molecule has 0 unspecified atom stereocenters. The van der Waals surface area contributed by atoms with Crippen LogP contribution in [0.3, 0.4) is 0 Å². The smallest absolute Gasteiger partial charge is 0.327 e. The number of aryl methyl sites for hydroxylation is 1. The van der Waals surface area contributed by atoms with Crippen molar-refractivity contribution in [2.24, 2.45) is 0 Å². The molecule has 8 nitrogen and oxygen atoms in total. The van der Waals surface area contributed by atoms with Gasteiger partial charge in [-0.25, -0.2) is 14.4 Å². The Kier molecular flexibility index (Phi) is 7.79. The van der Waals surface area contributed by atoms with Crippen LogP contribution in [0.1, 0.15) is 55.6 Å². The van der Waals surface area contributed by atoms with Gasteiger partial charge in [0.2, 0.25) is 0 Å². The first-order valence-corrected chi connectivity index (χ1v) is 13.6. The molecule has 0 atom stereocenters. The molecule has 2 aromatic carbocycles. The summed E-state index contributed by atoms with van der Waals surface area (Å²) in [6.45, 7) is 8.46. The SMILES string of the molecule is CCOC(=O)Cn1cc(-c2cc3c(-c4ccc(CCC(=O)c5ccc(C(C)(C)C)cc5)c(F)c4)ncnc3[nH]2)cn1. The minimum atomic E-state index is -0.388. The van der Waals surface area contributed by atoms with Crippen LogP contribution in [0.4, 0.5) is 4.39 Å². The molecular formula is C32H32FN5O3. The fourth-order valence-corrected chi connectivity index (χ4v) is 4.70. The lowest BCUT2D eigenvalue weighted by molar-refractivity contribution is -0.144. The maximum absolute atomic E-state index is 15.2. The number of nitrogens with one attached hydrogen (secondary N) is 1. The van der Waals surface area contributed by atoms with Gasteiger partial charge in [0.25, 0.3) is 0 Å². The maximum Gasteiger partial charge on any atom is 0.327 e. The number of rotatable bonds is 9. The van der Waals surface area contributed by atoms with Crippen molar-refractivity contribution in [3.63, 3.8) is 0 Å². The summed E-state index contributed by atoms with van der Waals surface area (Å²) < 4.78 is 21.7. The molecule has 5 aromatic rings. The lowest BCUT2D eigenvalue weighted by atomic mass is 9.86. The molecule has 0 aliphatic rings. The van der Waals surface area contributed by atoms with Crippen LogP contribution in [0.15, 0.2) is 67.3 Å². The number of carbonyl (C=O) groups is 2. The number of nitrogens with zero attached hydrogens (tertiary/aromatic N) is 4. The number of ether oxygens (including phenoxy) is 1. The summed E-state index contributed by atoms with van der Waals surface area (Å²) in [4.78, 5) is 36.5. The number of aromatic nitrogens is 5. The minimum absolute atomic E-state index is 0.0122. The first-order valence-electron chi connectivity index (χ1n) is 13.6. The number of carbonyl (C=O) groups excluding carboxylic acids is 2. The van der Waals surface area contributed by atoms with Crippen molar-refractivity contribution in [1.82, 2.24) is 24.7 Å². The molecule has 0 saturated carbocycles. The van der Waals surface area contributed by atoms with Crippen molar-refractivity contribution in [1.29, 1.82) is 0 Å². The Morgan fingerprint density at radius 1 is 1.02 bits per heavy atom. The van der Waals surface area contributed by atoms with Crippen molar-refractivity contribution in [3.8, 4) is 22.5 Å². The highest BCUT2D eigenvalue weighted by molar-refractivity contribution is 5.96. The van der Waals surface area contributed by atoms with E-state index in [1.807, 2.05) is 36.4 Å². The number of benzene rings is 2. The number of esters is 1. The molecule has 5 rings (SSSR count). The van der Waals surface area contributed by atoms with Gasteiger partial charge in [0.05, 0.1) is 24.2 Å². The second kappa shape index (κ2) is 11.4. The second-order valence-electron chi connectivity index (χ2n) is 11.0. The van der Waals surface area contributed by atoms with E-state index in [4.69, 9.17) is 4.74 Å². The topological polar surface area (TPSA) is 103 Å². The van der Waals surface area contributed by atoms with Gasteiger partial charge in [-0.15, -0.1) is 0 Å². The number of Topliss-reactive ketones (excluding diaryl/α,β-unsaturated/α-hetero) is 1. The number of H-pyrrole nitrogens is 1. The number of fused-ring (bicyclic) bond motifs is 1. The summed E-state index contributed by atoms with van der Waals surface area (Å²) in [7, 11) is 0. The van der Waals surface area contributed by atoms with Gasteiger partial charge in [-0.1, -0.05) is 57.2 Å². The van der Waals surface area contributed by atoms with Crippen LogP contribution < -0.4 is 0 Å². The Labute approximate surface area is 237 Å². The third-order valence-electron chi connectivity index (χ3n) is 6.99. The molecule has 210 valence electrons. The van der Waals surface area contributed by atoms with Crippen LogP contribution in [0.25, 0.3) is 33.5 Å². The lowest BCUT2D eigenvalue weighted by Gasteiger charge is -2.19. The number of hydrogen-bond acceptors (Lipinski definition) is 6. The average molecular weight is 554 g/mol. The fourth-order valence-electron chi connectivity index (χ4n) is 4.70. The molecule has 0 saturated heterocycles. The monoisotopic (exact) mass is 553 g/mol. The molecule has 3 aromatic heterocycles. The Bertz CT molecular complexity index is 1710. The molecule has 9 heteroatoms. The van der Waals surface area contributed by atoms with Crippen molar-refractivity contribution in [3.05, 3.63) is 89.8 Å². The molecule has 41 heavy (non-hydrogen) atoms. The summed E-state index contributed by atoms with van der Waals surface area (Å²) in [5.74, 6) is -0.769. The van der Waals surface area contributed by atoms with Crippen LogP contribution >= 0.6 is 0 Å². The van der Waals surface area contributed by atoms with Crippen molar-refractivity contribution < 1.29 is 18.7 Å². The average Bonchev–Trinajstić information content (AvgIpc) is 3.59. The molecule has 0 aliphatic carbocycles. The van der Waals surface area contributed by atoms with E-state index in [0.717, 1.165) is 22.2 Å². The zero-order valence-electron chi connectivity index (χ0n) is 23.6. The van der Waals surface area contributed by atoms with Gasteiger partial charge in [0.1, 0.15) is 24.3 Å². The molecule has 0 fully saturated rings. The predicted molar refractivity (Wildman–Crippen MR) is 155 cm³/mol. The number of aromatic amines is 1. The van der Waals surface area contributed by atoms with E-state index in [2.05, 4.69) is 40.8 Å². The van der Waals surface area contributed by atoms with Crippen LogP contribution in [0, 0.1) is 5.82 Å². The van der Waals surface area contributed by atoms with E-state index in [-0.39, 0.29) is 36.0 Å². The number of ketones is 1. The van der Waals surface area contributed by atoms with E-state index < -0.39 is 0 Å². The van der Waals surface area contributed by atoms with Crippen LogP contribution in [-0.2, 0) is 27.9 Å². The molecule has 0 spiro atoms. The highest BCUT2D eigenvalue weighted by atomic mass is 19.1. The van der Waals surface area contributed by atoms with E-state index in [1.165, 1.54) is 17.1 Å². The van der Waals surface area contributed by atoms with Gasteiger partial charge >= 0.3 is 5.97 Å². The van der Waals surface area contributed by atoms with E-state index in [9.17, 15) is 9.59 Å². The number of hydrogen-bond donors (Lipinski definition) is 1. The molecule has 0 bridgehead atoms. The van der Waals surface area contributed by atoms with E-state index in [0.29, 0.717) is 41.1 Å². The molecule has 3 heterocycles. The molecular weight excluding hydrogens is 521 g/mol. The zero-order chi connectivity index (χ0) is 29.1. The zero-order valence-corrected chi connectivity index (χ0v) is 23.6. The van der Waals surface area contributed by atoms with Crippen molar-refractivity contribution >= 4 is 22.8 Å². The summed E-state index contributed by atoms with van der Waals surface area (Å²) in [5.41, 5.74) is 5.56. The predicted octanol–water partition coefficient (Wildman–Crippen LogP) is 6.30. The Morgan fingerprint density at radius 2 is 1.80 bits per heavy atom. The van der Waals surface area contributed by atoms with Gasteiger partial charge in [0, 0.05) is 34.7 Å². The number of halogens is 1. The largest absolute Gasteiger partial charge is 0.465 e. The van der Waals surface area contributed by atoms with Crippen molar-refractivity contribution in [2.45, 2.75) is 52.5 Å². The van der Waals surface area contributed by atoms with Crippen molar-refractivity contribution in [2.75, 3.05) is 6.61 Å². The van der Waals surface area contributed by atoms with Crippen LogP contribution in [0.2, 0.25) is 0 Å². The van der Waals surface area contributed by atoms with Gasteiger partial charge < -0.3 is 9.72 Å². The summed E-state index contributed by atoms with van der Waals surface area (Å²) in [5, 5.41) is 4.96. The van der Waals surface area contributed by atoms with Gasteiger partial charge in [0.15, 0.2) is 5.78 Å². The van der Waals surface area contributed by atoms with Crippen LogP contribution in [-0.4, -0.2) is 43.1 Å². The first-order chi connectivity index (χ1) is 19.6. The third-order valence-corrected chi connectivity index (χ3v) is 6.99. The van der Waals surface area contributed by atoms with Crippen LogP contribution in [0.5, 0.6) is 0 Å². The second-order valence-corrected chi connectivity index (χ2v) is 11.0. The van der Waals surface area contributed by atoms with Gasteiger partial charge in [-0.3, -0.25) is 14.3 Å². The lowest BCUT2D eigenvalue weighted by Crippen LogP contribution is -2.13. The van der Waals surface area contributed by atoms with E-state index >= 15 is 4.39 Å². The molecule has 0 amide bonds. The first kappa shape index (κ1) is 27.9. The summed E-state index contributed by atoms with van der Waals surface area (Å²) >= 11 is 0. The summed E-state index contributed by atoms with van der Waals surface area (Å²) in [6.07, 6.45) is 5.33. The minimum Gasteiger partial charge on any atom is -0.465 e. The molecule has 0 aliphatic heterocycles. The third kappa shape index (κ3) is 6.24. The fraction of sp³-hybridized carbons (Fsp3) is 0.281. The molecule has 0 radical (unpaired) electrons. The molecule has 1 N–H and O–H groups in total. The standard InChI is InChI=1S/C32H32FN5O3/c1-5-41-29(40)18-38-17-23(16-36-38)27-15-25-30(34-19-35-31(25)37-27)22-7-6-20(26(33)14-22)10-13-28(39)21-8-11-24(12-9-21)32(2,3)4/h6-9,11-12,14-17,19H,5,10,13,18H2,1-4H3,(H,34,35,37). The Hall–Kier alpha value is -4.66. The quantitative estimate of drug-likeness (QED) is 0.170. The highest BCUT2D eigenvalue weighted by Crippen LogP contribution is 2.31. The highest BCUT2D eigenvalue weighted by Gasteiger charge is 2.17. The maximum atomic E-state index is 15.2. The Balaban J connectivity index is 1.31.